The second-order valence-corrected chi connectivity index (χ2v) is 5.88. The molecule has 0 aliphatic carbocycles. The number of hydrogen-bond donors (Lipinski definition) is 0. The van der Waals surface area contributed by atoms with Crippen molar-refractivity contribution in [3.63, 3.8) is 0 Å². The average molecular weight is 284 g/mol. The molecule has 22 heavy (non-hydrogen) atoms. The van der Waals surface area contributed by atoms with Gasteiger partial charge >= 0.3 is 0 Å². The Morgan fingerprint density at radius 1 is 0.591 bits per heavy atom. The van der Waals surface area contributed by atoms with Crippen molar-refractivity contribution >= 4 is 22.7 Å². The van der Waals surface area contributed by atoms with Gasteiger partial charge in [0.05, 0.1) is 11.4 Å². The molecule has 0 unspecified atom stereocenters. The highest BCUT2D eigenvalue weighted by Gasteiger charge is 2.42. The fraction of sp³-hybridized carbons (Fsp3) is 0.100. The lowest BCUT2D eigenvalue weighted by atomic mass is 10.1. The van der Waals surface area contributed by atoms with Gasteiger partial charge in [0, 0.05) is 17.8 Å². The van der Waals surface area contributed by atoms with Crippen LogP contribution >= 0.6 is 0 Å². The summed E-state index contributed by atoms with van der Waals surface area (Å²) in [6.45, 7) is 0. The predicted octanol–water partition coefficient (Wildman–Crippen LogP) is 4.86. The lowest BCUT2D eigenvalue weighted by molar-refractivity contribution is 0.729. The van der Waals surface area contributed by atoms with Crippen LogP contribution < -0.4 is 9.80 Å². The van der Waals surface area contributed by atoms with E-state index in [1.165, 1.54) is 28.3 Å². The molecule has 1 atom stereocenters. The zero-order valence-electron chi connectivity index (χ0n) is 12.2. The fourth-order valence-corrected chi connectivity index (χ4v) is 3.80. The van der Waals surface area contributed by atoms with Gasteiger partial charge in [-0.3, -0.25) is 0 Å². The Labute approximate surface area is 130 Å². The van der Waals surface area contributed by atoms with Gasteiger partial charge < -0.3 is 9.80 Å². The van der Waals surface area contributed by atoms with Crippen molar-refractivity contribution in [2.24, 2.45) is 0 Å². The fourth-order valence-electron chi connectivity index (χ4n) is 3.80. The highest BCUT2D eigenvalue weighted by atomic mass is 15.4. The summed E-state index contributed by atoms with van der Waals surface area (Å²) in [6.07, 6.45) is 1.40. The third-order valence-corrected chi connectivity index (χ3v) is 4.68. The molecule has 0 bridgehead atoms. The first-order valence-corrected chi connectivity index (χ1v) is 7.74. The summed E-state index contributed by atoms with van der Waals surface area (Å²) < 4.78 is 0. The van der Waals surface area contributed by atoms with Crippen molar-refractivity contribution in [1.82, 2.24) is 0 Å². The molecule has 5 rings (SSSR count). The normalized spacial score (nSPS) is 18.1. The molecule has 2 nitrogen and oxygen atoms in total. The largest absolute Gasteiger partial charge is 0.318 e. The second kappa shape index (κ2) is 4.38. The first kappa shape index (κ1) is 11.9. The summed E-state index contributed by atoms with van der Waals surface area (Å²) >= 11 is 0. The van der Waals surface area contributed by atoms with Crippen molar-refractivity contribution in [2.45, 2.75) is 12.6 Å². The van der Waals surface area contributed by atoms with Gasteiger partial charge in [0.2, 0.25) is 0 Å². The maximum absolute atomic E-state index is 2.48. The van der Waals surface area contributed by atoms with Gasteiger partial charge in [0.15, 0.2) is 0 Å². The number of rotatable bonds is 1. The Morgan fingerprint density at radius 2 is 1.18 bits per heavy atom. The molecule has 0 aromatic heterocycles. The van der Waals surface area contributed by atoms with Crippen molar-refractivity contribution < 1.29 is 0 Å². The monoisotopic (exact) mass is 284 g/mol. The van der Waals surface area contributed by atoms with Crippen LogP contribution in [0.3, 0.4) is 0 Å². The second-order valence-electron chi connectivity index (χ2n) is 5.88. The van der Waals surface area contributed by atoms with Gasteiger partial charge in [-0.15, -0.1) is 0 Å². The smallest absolute Gasteiger partial charge is 0.115 e. The minimum atomic E-state index is 0.345. The number of para-hydroxylation sites is 4. The van der Waals surface area contributed by atoms with Crippen LogP contribution in [0.2, 0.25) is 0 Å². The van der Waals surface area contributed by atoms with Gasteiger partial charge in [0.25, 0.3) is 0 Å². The molecule has 0 fully saturated rings. The van der Waals surface area contributed by atoms with Crippen molar-refractivity contribution in [3.8, 4) is 0 Å². The van der Waals surface area contributed by atoms with Gasteiger partial charge in [-0.2, -0.15) is 0 Å². The maximum Gasteiger partial charge on any atom is 0.115 e. The first-order valence-electron chi connectivity index (χ1n) is 7.74. The molecule has 2 heteroatoms. The van der Waals surface area contributed by atoms with Crippen LogP contribution in [0.1, 0.15) is 5.56 Å². The summed E-state index contributed by atoms with van der Waals surface area (Å²) in [5, 5.41) is 0. The van der Waals surface area contributed by atoms with Crippen LogP contribution in [0.5, 0.6) is 0 Å². The van der Waals surface area contributed by atoms with Gasteiger partial charge in [-0.25, -0.2) is 0 Å². The number of nitrogens with zero attached hydrogens (tertiary/aromatic N) is 2. The summed E-state index contributed by atoms with van der Waals surface area (Å²) in [5.41, 5.74) is 6.64. The van der Waals surface area contributed by atoms with E-state index in [1.807, 2.05) is 0 Å². The van der Waals surface area contributed by atoms with E-state index in [-0.39, 0.29) is 0 Å². The SMILES string of the molecule is c1ccc(N2c3ccccc3N3c4ccccc4C[C@H]23)cc1. The lowest BCUT2D eigenvalue weighted by Crippen LogP contribution is -2.35. The van der Waals surface area contributed by atoms with E-state index in [4.69, 9.17) is 0 Å². The van der Waals surface area contributed by atoms with Crippen LogP contribution in [0.15, 0.2) is 78.9 Å². The minimum absolute atomic E-state index is 0.345. The highest BCUT2D eigenvalue weighted by molar-refractivity contribution is 5.90. The molecule has 0 radical (unpaired) electrons. The van der Waals surface area contributed by atoms with E-state index < -0.39 is 0 Å². The molecule has 2 aliphatic rings. The van der Waals surface area contributed by atoms with Crippen molar-refractivity contribution in [3.05, 3.63) is 84.4 Å². The minimum Gasteiger partial charge on any atom is -0.318 e. The first-order chi connectivity index (χ1) is 10.9. The molecular formula is C20H16N2. The Kier molecular flexibility index (Phi) is 2.36. The molecule has 2 heterocycles. The molecule has 3 aromatic rings. The molecule has 0 amide bonds. The molecule has 2 aliphatic heterocycles. The number of fused-ring (bicyclic) bond motifs is 5. The van der Waals surface area contributed by atoms with E-state index >= 15 is 0 Å². The van der Waals surface area contributed by atoms with Gasteiger partial charge in [-0.05, 0) is 35.9 Å². The predicted molar refractivity (Wildman–Crippen MR) is 91.1 cm³/mol. The third-order valence-electron chi connectivity index (χ3n) is 4.68. The maximum atomic E-state index is 2.48. The topological polar surface area (TPSA) is 6.48 Å². The summed E-state index contributed by atoms with van der Waals surface area (Å²) in [6, 6.07) is 28.2. The van der Waals surface area contributed by atoms with Crippen molar-refractivity contribution in [2.75, 3.05) is 9.80 Å². The van der Waals surface area contributed by atoms with Crippen LogP contribution in [0.25, 0.3) is 0 Å². The summed E-state index contributed by atoms with van der Waals surface area (Å²) in [7, 11) is 0. The molecule has 3 aromatic carbocycles. The van der Waals surface area contributed by atoms with E-state index in [1.54, 1.807) is 0 Å². The van der Waals surface area contributed by atoms with E-state index in [2.05, 4.69) is 88.7 Å². The lowest BCUT2D eigenvalue weighted by Gasteiger charge is -2.27. The number of anilines is 4. The summed E-state index contributed by atoms with van der Waals surface area (Å²) in [4.78, 5) is 4.95. The average Bonchev–Trinajstić information content (AvgIpc) is 3.10. The van der Waals surface area contributed by atoms with E-state index in [9.17, 15) is 0 Å². The standard InChI is InChI=1S/C20H16N2/c1-2-9-16(10-3-1)21-18-12-6-7-13-19(18)22-17-11-5-4-8-15(17)14-20(21)22/h1-13,20H,14H2/t20-/m1/s1. The van der Waals surface area contributed by atoms with Crippen molar-refractivity contribution in [1.29, 1.82) is 0 Å². The van der Waals surface area contributed by atoms with E-state index in [0.29, 0.717) is 6.17 Å². The molecule has 106 valence electrons. The molecule has 0 N–H and O–H groups in total. The zero-order chi connectivity index (χ0) is 14.5. The number of benzene rings is 3. The highest BCUT2D eigenvalue weighted by Crippen LogP contribution is 2.52. The number of hydrogen-bond acceptors (Lipinski definition) is 2. The van der Waals surface area contributed by atoms with Gasteiger partial charge in [-0.1, -0.05) is 48.5 Å². The van der Waals surface area contributed by atoms with E-state index in [0.717, 1.165) is 6.42 Å². The van der Waals surface area contributed by atoms with Gasteiger partial charge in [0.1, 0.15) is 6.17 Å². The Hall–Kier alpha value is -2.74. The molecule has 0 saturated carbocycles. The molecule has 0 saturated heterocycles. The third kappa shape index (κ3) is 1.49. The summed E-state index contributed by atoms with van der Waals surface area (Å²) in [5.74, 6) is 0. The Morgan fingerprint density at radius 3 is 1.95 bits per heavy atom. The van der Waals surface area contributed by atoms with Crippen LogP contribution in [0.4, 0.5) is 22.7 Å². The van der Waals surface area contributed by atoms with Crippen LogP contribution in [-0.2, 0) is 6.42 Å². The molecule has 0 spiro atoms. The van der Waals surface area contributed by atoms with Crippen LogP contribution in [-0.4, -0.2) is 6.17 Å². The Bertz CT molecular complexity index is 826. The zero-order valence-corrected chi connectivity index (χ0v) is 12.2. The quantitative estimate of drug-likeness (QED) is 0.629. The molecular weight excluding hydrogens is 268 g/mol. The van der Waals surface area contributed by atoms with Crippen LogP contribution in [0, 0.1) is 0 Å². The Balaban J connectivity index is 1.73.